The van der Waals surface area contributed by atoms with Crippen LogP contribution in [-0.2, 0) is 29.4 Å². The Morgan fingerprint density at radius 3 is 2.90 bits per heavy atom. The second kappa shape index (κ2) is 7.58. The molecule has 1 N–H and O–H groups in total. The van der Waals surface area contributed by atoms with Crippen LogP contribution in [0.4, 0.5) is 0 Å². The zero-order valence-electron chi connectivity index (χ0n) is 13.2. The van der Waals surface area contributed by atoms with E-state index in [1.807, 2.05) is 11.7 Å². The Kier molecular flexibility index (Phi) is 6.05. The van der Waals surface area contributed by atoms with Crippen LogP contribution in [0.15, 0.2) is 0 Å². The molecule has 1 saturated heterocycles. The third-order valence-corrected chi connectivity index (χ3v) is 4.65. The van der Waals surface area contributed by atoms with Gasteiger partial charge in [-0.05, 0) is 19.3 Å². The molecule has 5 nitrogen and oxygen atoms in total. The Balaban J connectivity index is 2.07. The molecule has 0 spiro atoms. The first kappa shape index (κ1) is 16.7. The van der Waals surface area contributed by atoms with Gasteiger partial charge in [0.1, 0.15) is 0 Å². The molecule has 1 aliphatic rings. The van der Waals surface area contributed by atoms with E-state index in [-0.39, 0.29) is 5.41 Å². The number of hydrogen-bond donors (Lipinski definition) is 1. The average Bonchev–Trinajstić information content (AvgIpc) is 3.04. The summed E-state index contributed by atoms with van der Waals surface area (Å²) in [6.45, 7) is 6.18. The van der Waals surface area contributed by atoms with E-state index in [0.717, 1.165) is 68.6 Å². The first-order chi connectivity index (χ1) is 10.1. The second-order valence-electron chi connectivity index (χ2n) is 5.83. The first-order valence-corrected chi connectivity index (χ1v) is 7.97. The van der Waals surface area contributed by atoms with Gasteiger partial charge >= 0.3 is 0 Å². The van der Waals surface area contributed by atoms with Gasteiger partial charge in [0.05, 0.1) is 29.6 Å². The topological polar surface area (TPSA) is 48.3 Å². The first-order valence-electron chi connectivity index (χ1n) is 7.59. The lowest BCUT2D eigenvalue weighted by Gasteiger charge is -2.28. The molecule has 2 heterocycles. The zero-order chi connectivity index (χ0) is 15.3. The van der Waals surface area contributed by atoms with Crippen molar-refractivity contribution in [2.24, 2.45) is 12.5 Å². The highest BCUT2D eigenvalue weighted by atomic mass is 35.5. The van der Waals surface area contributed by atoms with Gasteiger partial charge in [0.15, 0.2) is 0 Å². The van der Waals surface area contributed by atoms with Gasteiger partial charge in [-0.2, -0.15) is 5.10 Å². The van der Waals surface area contributed by atoms with Gasteiger partial charge in [-0.3, -0.25) is 4.68 Å². The average molecular weight is 316 g/mol. The molecule has 21 heavy (non-hydrogen) atoms. The van der Waals surface area contributed by atoms with Crippen molar-refractivity contribution < 1.29 is 9.47 Å². The molecule has 1 atom stereocenters. The third-order valence-electron chi connectivity index (χ3n) is 4.21. The highest BCUT2D eigenvalue weighted by Gasteiger charge is 2.36. The molecule has 1 unspecified atom stereocenters. The molecule has 0 bridgehead atoms. The Morgan fingerprint density at radius 2 is 2.33 bits per heavy atom. The molecule has 0 aromatic carbocycles. The lowest BCUT2D eigenvalue weighted by Crippen LogP contribution is -2.38. The molecule has 120 valence electrons. The summed E-state index contributed by atoms with van der Waals surface area (Å²) in [6.07, 6.45) is 2.81. The molecule has 1 aromatic rings. The molecule has 0 saturated carbocycles. The van der Waals surface area contributed by atoms with Crippen LogP contribution in [0.2, 0.25) is 5.02 Å². The van der Waals surface area contributed by atoms with Crippen molar-refractivity contribution >= 4 is 11.6 Å². The maximum Gasteiger partial charge on any atom is 0.0849 e. The SMILES string of the molecule is CCc1nn(C)c(CC2(CNCCOC)CCOC2)c1Cl. The fraction of sp³-hybridized carbons (Fsp3) is 0.800. The van der Waals surface area contributed by atoms with Gasteiger partial charge < -0.3 is 14.8 Å². The Morgan fingerprint density at radius 1 is 1.52 bits per heavy atom. The maximum atomic E-state index is 6.49. The van der Waals surface area contributed by atoms with Gasteiger partial charge in [-0.25, -0.2) is 0 Å². The number of aryl methyl sites for hydroxylation is 2. The molecule has 1 fully saturated rings. The van der Waals surface area contributed by atoms with Crippen molar-refractivity contribution in [3.8, 4) is 0 Å². The number of aromatic nitrogens is 2. The van der Waals surface area contributed by atoms with Crippen molar-refractivity contribution in [2.45, 2.75) is 26.2 Å². The van der Waals surface area contributed by atoms with E-state index >= 15 is 0 Å². The number of nitrogens with one attached hydrogen (secondary N) is 1. The largest absolute Gasteiger partial charge is 0.383 e. The molecular formula is C15H26ClN3O2. The van der Waals surface area contributed by atoms with Crippen molar-refractivity contribution in [1.29, 1.82) is 0 Å². The standard InChI is InChI=1S/C15H26ClN3O2/c1-4-12-14(16)13(19(2)18-12)9-15(5-7-21-11-15)10-17-6-8-20-3/h17H,4-11H2,1-3H3. The Hall–Kier alpha value is -0.620. The third kappa shape index (κ3) is 3.97. The van der Waals surface area contributed by atoms with E-state index < -0.39 is 0 Å². The minimum Gasteiger partial charge on any atom is -0.383 e. The summed E-state index contributed by atoms with van der Waals surface area (Å²) in [5.41, 5.74) is 2.21. The second-order valence-corrected chi connectivity index (χ2v) is 6.21. The Labute approximate surface area is 131 Å². The zero-order valence-corrected chi connectivity index (χ0v) is 14.0. The van der Waals surface area contributed by atoms with Crippen molar-refractivity contribution in [3.05, 3.63) is 16.4 Å². The monoisotopic (exact) mass is 315 g/mol. The molecule has 1 aromatic heterocycles. The van der Waals surface area contributed by atoms with Crippen molar-refractivity contribution in [2.75, 3.05) is 40.0 Å². The number of ether oxygens (including phenoxy) is 2. The summed E-state index contributed by atoms with van der Waals surface area (Å²) in [4.78, 5) is 0. The molecule has 6 heteroatoms. The van der Waals surface area contributed by atoms with Crippen molar-refractivity contribution in [1.82, 2.24) is 15.1 Å². The summed E-state index contributed by atoms with van der Waals surface area (Å²) in [6, 6.07) is 0. The van der Waals surface area contributed by atoms with Gasteiger partial charge in [-0.1, -0.05) is 18.5 Å². The van der Waals surface area contributed by atoms with E-state index in [0.29, 0.717) is 0 Å². The van der Waals surface area contributed by atoms with Crippen LogP contribution in [0, 0.1) is 5.41 Å². The van der Waals surface area contributed by atoms with Crippen LogP contribution in [-0.4, -0.2) is 49.8 Å². The van der Waals surface area contributed by atoms with Gasteiger partial charge in [-0.15, -0.1) is 0 Å². The van der Waals surface area contributed by atoms with Crippen LogP contribution < -0.4 is 5.32 Å². The number of hydrogen-bond acceptors (Lipinski definition) is 4. The number of methoxy groups -OCH3 is 1. The van der Waals surface area contributed by atoms with Crippen LogP contribution >= 0.6 is 11.6 Å². The van der Waals surface area contributed by atoms with E-state index in [1.54, 1.807) is 7.11 Å². The summed E-state index contributed by atoms with van der Waals surface area (Å²) >= 11 is 6.49. The molecule has 1 aliphatic heterocycles. The number of halogens is 1. The lowest BCUT2D eigenvalue weighted by atomic mass is 9.82. The molecule has 0 radical (unpaired) electrons. The van der Waals surface area contributed by atoms with Crippen LogP contribution in [0.3, 0.4) is 0 Å². The minimum absolute atomic E-state index is 0.107. The molecule has 0 aliphatic carbocycles. The maximum absolute atomic E-state index is 6.49. The van der Waals surface area contributed by atoms with E-state index in [2.05, 4.69) is 17.3 Å². The predicted molar refractivity (Wildman–Crippen MR) is 83.9 cm³/mol. The van der Waals surface area contributed by atoms with Gasteiger partial charge in [0.2, 0.25) is 0 Å². The van der Waals surface area contributed by atoms with Crippen LogP contribution in [0.5, 0.6) is 0 Å². The van der Waals surface area contributed by atoms with Gasteiger partial charge in [0.25, 0.3) is 0 Å². The fourth-order valence-electron chi connectivity index (χ4n) is 2.89. The number of rotatable bonds is 8. The summed E-state index contributed by atoms with van der Waals surface area (Å²) < 4.78 is 12.7. The molecule has 0 amide bonds. The van der Waals surface area contributed by atoms with E-state index in [4.69, 9.17) is 21.1 Å². The summed E-state index contributed by atoms with van der Waals surface area (Å²) in [7, 11) is 3.69. The van der Waals surface area contributed by atoms with Gasteiger partial charge in [0, 0.05) is 39.3 Å². The van der Waals surface area contributed by atoms with Crippen LogP contribution in [0.25, 0.3) is 0 Å². The molecular weight excluding hydrogens is 290 g/mol. The summed E-state index contributed by atoms with van der Waals surface area (Å²) in [5, 5.41) is 8.81. The lowest BCUT2D eigenvalue weighted by molar-refractivity contribution is 0.143. The smallest absolute Gasteiger partial charge is 0.0849 e. The number of nitrogens with zero attached hydrogens (tertiary/aromatic N) is 2. The van der Waals surface area contributed by atoms with Crippen molar-refractivity contribution in [3.63, 3.8) is 0 Å². The van der Waals surface area contributed by atoms with E-state index in [9.17, 15) is 0 Å². The minimum atomic E-state index is 0.107. The Bertz CT molecular complexity index is 456. The van der Waals surface area contributed by atoms with E-state index in [1.165, 1.54) is 0 Å². The van der Waals surface area contributed by atoms with Crippen LogP contribution in [0.1, 0.15) is 24.7 Å². The quantitative estimate of drug-likeness (QED) is 0.743. The fourth-order valence-corrected chi connectivity index (χ4v) is 3.25. The summed E-state index contributed by atoms with van der Waals surface area (Å²) in [5.74, 6) is 0. The normalized spacial score (nSPS) is 22.1. The highest BCUT2D eigenvalue weighted by molar-refractivity contribution is 6.31. The highest BCUT2D eigenvalue weighted by Crippen LogP contribution is 2.35. The molecule has 2 rings (SSSR count). The predicted octanol–water partition coefficient (Wildman–Crippen LogP) is 1.82.